The van der Waals surface area contributed by atoms with Crippen LogP contribution in [0.1, 0.15) is 37.3 Å². The Morgan fingerprint density at radius 1 is 1.15 bits per heavy atom. The Labute approximate surface area is 231 Å². The van der Waals surface area contributed by atoms with Crippen molar-refractivity contribution in [3.8, 4) is 0 Å². The molecule has 0 radical (unpaired) electrons. The van der Waals surface area contributed by atoms with E-state index < -0.39 is 55.7 Å². The van der Waals surface area contributed by atoms with E-state index in [1.165, 1.54) is 35.8 Å². The lowest BCUT2D eigenvalue weighted by molar-refractivity contribution is -0.754. The van der Waals surface area contributed by atoms with E-state index in [4.69, 9.17) is 24.0 Å². The third-order valence-corrected chi connectivity index (χ3v) is 6.36. The highest BCUT2D eigenvalue weighted by Gasteiger charge is 2.43. The molecule has 1 unspecified atom stereocenters. The molecule has 0 saturated heterocycles. The van der Waals surface area contributed by atoms with Gasteiger partial charge in [0.25, 0.3) is 6.33 Å². The van der Waals surface area contributed by atoms with Crippen LogP contribution in [0.3, 0.4) is 0 Å². The van der Waals surface area contributed by atoms with Gasteiger partial charge in [-0.25, -0.2) is 32.5 Å². The van der Waals surface area contributed by atoms with Gasteiger partial charge in [0.15, 0.2) is 5.82 Å². The van der Waals surface area contributed by atoms with Gasteiger partial charge in [-0.3, -0.25) is 4.52 Å². The molecule has 0 bridgehead atoms. The van der Waals surface area contributed by atoms with E-state index in [9.17, 15) is 27.6 Å². The van der Waals surface area contributed by atoms with Crippen molar-refractivity contribution in [2.45, 2.75) is 38.1 Å². The van der Waals surface area contributed by atoms with Gasteiger partial charge in [0.1, 0.15) is 36.7 Å². The number of aliphatic hydroxyl groups is 1. The predicted molar refractivity (Wildman–Crippen MR) is 129 cm³/mol. The fourth-order valence-electron chi connectivity index (χ4n) is 3.75. The van der Waals surface area contributed by atoms with Crippen molar-refractivity contribution in [1.29, 1.82) is 0 Å². The highest BCUT2D eigenvalue weighted by atomic mass is 31.2. The van der Waals surface area contributed by atoms with E-state index in [-0.39, 0.29) is 37.7 Å². The van der Waals surface area contributed by atoms with E-state index in [1.807, 2.05) is 0 Å². The van der Waals surface area contributed by atoms with Crippen molar-refractivity contribution in [2.24, 2.45) is 0 Å². The summed E-state index contributed by atoms with van der Waals surface area (Å²) in [7, 11) is -4.59. The van der Waals surface area contributed by atoms with Gasteiger partial charge in [-0.05, 0) is 6.07 Å². The molecule has 3 atom stereocenters. The van der Waals surface area contributed by atoms with Crippen LogP contribution < -0.4 is 4.57 Å². The molecule has 0 aliphatic heterocycles. The molecule has 2 aromatic heterocycles. The molecule has 2 heterocycles. The number of phosphoric ester groups is 1. The molecule has 41 heavy (non-hydrogen) atoms. The van der Waals surface area contributed by atoms with E-state index in [0.717, 1.165) is 24.7 Å². The van der Waals surface area contributed by atoms with Crippen LogP contribution in [0.15, 0.2) is 43.4 Å². The second-order valence-electron chi connectivity index (χ2n) is 8.67. The third-order valence-electron chi connectivity index (χ3n) is 5.84. The second kappa shape index (κ2) is 13.9. The number of phosphoric acid groups is 1. The number of benzene rings is 1. The van der Waals surface area contributed by atoms with Gasteiger partial charge in [0.05, 0.1) is 31.7 Å². The molecule has 224 valence electrons. The average molecular weight is 606 g/mol. The Morgan fingerprint density at radius 2 is 1.88 bits per heavy atom. The summed E-state index contributed by atoms with van der Waals surface area (Å²) >= 11 is 0. The summed E-state index contributed by atoms with van der Waals surface area (Å²) < 4.78 is 75.3. The third kappa shape index (κ3) is 9.01. The van der Waals surface area contributed by atoms with Crippen molar-refractivity contribution in [3.63, 3.8) is 0 Å². The predicted octanol–water partition coefficient (Wildman–Crippen LogP) is 1.87. The van der Waals surface area contributed by atoms with Gasteiger partial charge in [-0.1, -0.05) is 13.0 Å². The lowest BCUT2D eigenvalue weighted by Gasteiger charge is -2.32. The SMILES string of the molecule is CC(OC(=O)OCCOCCOP(=O)(O)O)[n+]1cnn(C[C@](O)(c2ccc(F)cc2F)[C@@H](C)c2ncncc2F)c1. The largest absolute Gasteiger partial charge is 0.511 e. The van der Waals surface area contributed by atoms with Crippen LogP contribution >= 0.6 is 7.82 Å². The molecule has 0 fully saturated rings. The normalized spacial score (nSPS) is 14.7. The Balaban J connectivity index is 1.65. The summed E-state index contributed by atoms with van der Waals surface area (Å²) in [5.74, 6) is -3.93. The fourth-order valence-corrected chi connectivity index (χ4v) is 4.07. The summed E-state index contributed by atoms with van der Waals surface area (Å²) in [6.07, 6.45) is 2.53. The second-order valence-corrected chi connectivity index (χ2v) is 9.91. The van der Waals surface area contributed by atoms with Crippen molar-refractivity contribution in [1.82, 2.24) is 19.7 Å². The molecular formula is C23H28F3N5O9P+. The topological polar surface area (TPSA) is 179 Å². The minimum absolute atomic E-state index is 0.0945. The van der Waals surface area contributed by atoms with Gasteiger partial charge in [0, 0.05) is 29.6 Å². The minimum Gasteiger partial charge on any atom is -0.432 e. The van der Waals surface area contributed by atoms with Crippen molar-refractivity contribution in [2.75, 3.05) is 26.4 Å². The van der Waals surface area contributed by atoms with Gasteiger partial charge < -0.3 is 29.1 Å². The lowest BCUT2D eigenvalue weighted by atomic mass is 9.79. The van der Waals surface area contributed by atoms with Gasteiger partial charge in [0.2, 0.25) is 12.6 Å². The number of halogens is 3. The summed E-state index contributed by atoms with van der Waals surface area (Å²) in [6.45, 7) is 1.64. The standard InChI is InChI=1S/C23H27F3N5O9P/c1-15(21-20(26)10-27-12-28-21)23(33,18-4-3-17(24)9-19(18)25)11-31-14-30(13-29-31)16(2)40-22(32)38-7-5-37-6-8-39-41(34,35)36/h3-4,9-10,12-16,33H,5-8,11H2,1-2H3,(H-,34,35,36)/p+1/t15-,16?,23+/m0/s1. The highest BCUT2D eigenvalue weighted by molar-refractivity contribution is 7.46. The van der Waals surface area contributed by atoms with Crippen LogP contribution in [0.4, 0.5) is 18.0 Å². The fraction of sp³-hybridized carbons (Fsp3) is 0.435. The van der Waals surface area contributed by atoms with Gasteiger partial charge >= 0.3 is 14.0 Å². The number of hydrogen-bond acceptors (Lipinski definition) is 10. The van der Waals surface area contributed by atoms with Crippen LogP contribution in [-0.4, -0.2) is 67.2 Å². The van der Waals surface area contributed by atoms with Crippen LogP contribution in [0.25, 0.3) is 0 Å². The molecule has 3 aromatic rings. The number of carbonyl (C=O) groups excluding carboxylic acids is 1. The number of hydrogen-bond donors (Lipinski definition) is 3. The Hall–Kier alpha value is -3.47. The van der Waals surface area contributed by atoms with Gasteiger partial charge in [-0.15, -0.1) is 4.68 Å². The first-order valence-corrected chi connectivity index (χ1v) is 13.5. The van der Waals surface area contributed by atoms with E-state index in [0.29, 0.717) is 6.07 Å². The molecule has 18 heteroatoms. The zero-order valence-electron chi connectivity index (χ0n) is 21.8. The summed E-state index contributed by atoms with van der Waals surface area (Å²) in [4.78, 5) is 36.6. The number of rotatable bonds is 14. The molecule has 0 spiro atoms. The molecule has 0 aliphatic carbocycles. The maximum Gasteiger partial charge on any atom is 0.511 e. The number of carbonyl (C=O) groups is 1. The van der Waals surface area contributed by atoms with Crippen LogP contribution in [0.5, 0.6) is 0 Å². The molecule has 14 nitrogen and oxygen atoms in total. The first-order valence-electron chi connectivity index (χ1n) is 12.0. The van der Waals surface area contributed by atoms with E-state index >= 15 is 0 Å². The van der Waals surface area contributed by atoms with Gasteiger partial charge in [-0.2, -0.15) is 4.57 Å². The van der Waals surface area contributed by atoms with Crippen molar-refractivity contribution < 1.29 is 60.7 Å². The molecule has 1 aromatic carbocycles. The molecular weight excluding hydrogens is 578 g/mol. The first-order chi connectivity index (χ1) is 19.3. The summed E-state index contributed by atoms with van der Waals surface area (Å²) in [5.41, 5.74) is -2.70. The number of ether oxygens (including phenoxy) is 3. The molecule has 0 aliphatic rings. The van der Waals surface area contributed by atoms with Crippen LogP contribution in [0, 0.1) is 17.5 Å². The smallest absolute Gasteiger partial charge is 0.432 e. The summed E-state index contributed by atoms with van der Waals surface area (Å²) in [6, 6.07) is 2.60. The van der Waals surface area contributed by atoms with Crippen LogP contribution in [0.2, 0.25) is 0 Å². The summed E-state index contributed by atoms with van der Waals surface area (Å²) in [5, 5.41) is 15.8. The quantitative estimate of drug-likeness (QED) is 0.105. The molecule has 3 N–H and O–H groups in total. The first kappa shape index (κ1) is 32.0. The maximum absolute atomic E-state index is 14.9. The maximum atomic E-state index is 14.9. The molecule has 0 amide bonds. The van der Waals surface area contributed by atoms with Crippen LogP contribution in [-0.2, 0) is 35.4 Å². The minimum atomic E-state index is -4.59. The Morgan fingerprint density at radius 3 is 2.56 bits per heavy atom. The monoisotopic (exact) mass is 606 g/mol. The van der Waals surface area contributed by atoms with E-state index in [1.54, 1.807) is 0 Å². The van der Waals surface area contributed by atoms with E-state index in [2.05, 4.69) is 19.6 Å². The molecule has 0 saturated carbocycles. The number of nitrogens with zero attached hydrogens (tertiary/aromatic N) is 5. The lowest BCUT2D eigenvalue weighted by Crippen LogP contribution is -2.41. The average Bonchev–Trinajstić information content (AvgIpc) is 3.35. The number of aromatic nitrogens is 5. The Bertz CT molecular complexity index is 1380. The zero-order valence-corrected chi connectivity index (χ0v) is 22.7. The Kier molecular flexibility index (Phi) is 10.9. The highest BCUT2D eigenvalue weighted by Crippen LogP contribution is 2.39. The molecule has 3 rings (SSSR count). The van der Waals surface area contributed by atoms with Crippen molar-refractivity contribution >= 4 is 14.0 Å². The van der Waals surface area contributed by atoms with Crippen molar-refractivity contribution in [3.05, 3.63) is 72.1 Å². The zero-order chi connectivity index (χ0) is 30.2.